The Morgan fingerprint density at radius 3 is 2.62 bits per heavy atom. The Labute approximate surface area is 170 Å². The average molecular weight is 385 g/mol. The first-order valence-corrected chi connectivity index (χ1v) is 9.99. The number of nitrogens with zero attached hydrogens (tertiary/aromatic N) is 3. The molecule has 29 heavy (non-hydrogen) atoms. The molecule has 0 saturated carbocycles. The quantitative estimate of drug-likeness (QED) is 0.632. The molecule has 146 valence electrons. The van der Waals surface area contributed by atoms with Gasteiger partial charge in [-0.2, -0.15) is 5.10 Å². The van der Waals surface area contributed by atoms with Gasteiger partial charge in [-0.25, -0.2) is 5.01 Å². The summed E-state index contributed by atoms with van der Waals surface area (Å²) < 4.78 is 12.4. The summed E-state index contributed by atoms with van der Waals surface area (Å²) in [6.07, 6.45) is 4.09. The van der Waals surface area contributed by atoms with Crippen molar-refractivity contribution in [1.29, 1.82) is 0 Å². The third-order valence-electron chi connectivity index (χ3n) is 5.46. The Kier molecular flexibility index (Phi) is 4.43. The molecule has 3 heterocycles. The Morgan fingerprint density at radius 1 is 1.07 bits per heavy atom. The minimum absolute atomic E-state index is 0.105. The van der Waals surface area contributed by atoms with Crippen molar-refractivity contribution in [3.05, 3.63) is 89.2 Å². The van der Waals surface area contributed by atoms with Crippen LogP contribution in [-0.4, -0.2) is 22.3 Å². The number of hydrogen-bond acceptors (Lipinski definition) is 5. The van der Waals surface area contributed by atoms with E-state index in [2.05, 4.69) is 47.2 Å². The highest BCUT2D eigenvalue weighted by Crippen LogP contribution is 2.50. The predicted octanol–water partition coefficient (Wildman–Crippen LogP) is 5.03. The number of para-hydroxylation sites is 1. The lowest BCUT2D eigenvalue weighted by Crippen LogP contribution is -2.33. The molecular weight excluding hydrogens is 362 g/mol. The molecular formula is C24H23N3O2. The number of rotatable bonds is 4. The van der Waals surface area contributed by atoms with Crippen LogP contribution in [0.2, 0.25) is 0 Å². The molecule has 5 heteroatoms. The minimum Gasteiger partial charge on any atom is -0.490 e. The van der Waals surface area contributed by atoms with Gasteiger partial charge in [-0.05, 0) is 37.6 Å². The molecule has 0 radical (unpaired) electrons. The first-order valence-electron chi connectivity index (χ1n) is 9.99. The fourth-order valence-electron chi connectivity index (χ4n) is 4.02. The van der Waals surface area contributed by atoms with Crippen LogP contribution in [0.1, 0.15) is 47.9 Å². The molecule has 0 amide bonds. The zero-order chi connectivity index (χ0) is 19.8. The standard InChI is InChI=1S/C24H23N3O2/c1-3-28-22-6-4-5-19-21-15-20(17-9-7-16(2)8-10-17)26-27(21)24(29-23(19)22)18-11-13-25-14-12-18/h4-14,21,24H,3,15H2,1-2H3/t21-,24-/m1/s1. The second kappa shape index (κ2) is 7.24. The Morgan fingerprint density at radius 2 is 1.86 bits per heavy atom. The molecule has 3 aromatic rings. The van der Waals surface area contributed by atoms with Crippen LogP contribution in [0.15, 0.2) is 72.1 Å². The summed E-state index contributed by atoms with van der Waals surface area (Å²) in [7, 11) is 0. The number of benzene rings is 2. The molecule has 1 aromatic heterocycles. The SMILES string of the molecule is CCOc1cccc2c1O[C@H](c1ccncc1)N1N=C(c3ccc(C)cc3)C[C@H]21. The van der Waals surface area contributed by atoms with Crippen LogP contribution in [0, 0.1) is 6.92 Å². The molecule has 0 spiro atoms. The second-order valence-electron chi connectivity index (χ2n) is 7.37. The fourth-order valence-corrected chi connectivity index (χ4v) is 4.02. The summed E-state index contributed by atoms with van der Waals surface area (Å²) in [5.74, 6) is 1.60. The smallest absolute Gasteiger partial charge is 0.214 e. The summed E-state index contributed by atoms with van der Waals surface area (Å²) in [6.45, 7) is 4.69. The molecule has 0 N–H and O–H groups in total. The van der Waals surface area contributed by atoms with E-state index in [1.54, 1.807) is 12.4 Å². The van der Waals surface area contributed by atoms with E-state index in [1.165, 1.54) is 5.56 Å². The van der Waals surface area contributed by atoms with E-state index in [4.69, 9.17) is 14.6 Å². The van der Waals surface area contributed by atoms with Crippen molar-refractivity contribution in [2.24, 2.45) is 5.10 Å². The summed E-state index contributed by atoms with van der Waals surface area (Å²) in [6, 6.07) is 18.7. The van der Waals surface area contributed by atoms with Crippen LogP contribution in [0.3, 0.4) is 0 Å². The van der Waals surface area contributed by atoms with E-state index in [-0.39, 0.29) is 12.3 Å². The average Bonchev–Trinajstić information content (AvgIpc) is 3.20. The second-order valence-corrected chi connectivity index (χ2v) is 7.37. The van der Waals surface area contributed by atoms with Crippen LogP contribution < -0.4 is 9.47 Å². The van der Waals surface area contributed by atoms with Gasteiger partial charge in [-0.1, -0.05) is 42.0 Å². The predicted molar refractivity (Wildman–Crippen MR) is 112 cm³/mol. The monoisotopic (exact) mass is 385 g/mol. The summed E-state index contributed by atoms with van der Waals surface area (Å²) in [5, 5.41) is 7.09. The first-order chi connectivity index (χ1) is 14.2. The van der Waals surface area contributed by atoms with E-state index in [0.29, 0.717) is 6.61 Å². The van der Waals surface area contributed by atoms with Gasteiger partial charge in [0.05, 0.1) is 18.4 Å². The maximum Gasteiger partial charge on any atom is 0.214 e. The number of hydrazone groups is 1. The highest BCUT2D eigenvalue weighted by atomic mass is 16.5. The molecule has 0 unspecified atom stereocenters. The molecule has 0 bridgehead atoms. The number of ether oxygens (including phenoxy) is 2. The zero-order valence-electron chi connectivity index (χ0n) is 16.6. The van der Waals surface area contributed by atoms with Gasteiger partial charge in [-0.3, -0.25) is 4.98 Å². The van der Waals surface area contributed by atoms with E-state index >= 15 is 0 Å². The van der Waals surface area contributed by atoms with E-state index in [1.807, 2.05) is 31.2 Å². The van der Waals surface area contributed by atoms with E-state index in [0.717, 1.165) is 40.3 Å². The van der Waals surface area contributed by atoms with Crippen molar-refractivity contribution in [3.8, 4) is 11.5 Å². The number of pyridine rings is 1. The van der Waals surface area contributed by atoms with Crippen LogP contribution in [0.5, 0.6) is 11.5 Å². The number of fused-ring (bicyclic) bond motifs is 3. The first kappa shape index (κ1) is 17.7. The minimum atomic E-state index is -0.319. The van der Waals surface area contributed by atoms with Crippen molar-refractivity contribution in [3.63, 3.8) is 0 Å². The van der Waals surface area contributed by atoms with Gasteiger partial charge in [-0.15, -0.1) is 0 Å². The third kappa shape index (κ3) is 3.12. The molecule has 5 nitrogen and oxygen atoms in total. The highest BCUT2D eigenvalue weighted by Gasteiger charge is 2.42. The lowest BCUT2D eigenvalue weighted by atomic mass is 9.95. The Bertz CT molecular complexity index is 1050. The maximum atomic E-state index is 6.48. The number of hydrogen-bond donors (Lipinski definition) is 0. The van der Waals surface area contributed by atoms with Gasteiger partial charge in [0.25, 0.3) is 0 Å². The molecule has 2 aliphatic heterocycles. The van der Waals surface area contributed by atoms with Gasteiger partial charge < -0.3 is 9.47 Å². The van der Waals surface area contributed by atoms with E-state index < -0.39 is 0 Å². The van der Waals surface area contributed by atoms with Gasteiger partial charge in [0, 0.05) is 29.9 Å². The van der Waals surface area contributed by atoms with Crippen LogP contribution in [0.25, 0.3) is 0 Å². The van der Waals surface area contributed by atoms with Crippen molar-refractivity contribution >= 4 is 5.71 Å². The molecule has 0 aliphatic carbocycles. The van der Waals surface area contributed by atoms with Gasteiger partial charge in [0.2, 0.25) is 6.23 Å². The number of aryl methyl sites for hydroxylation is 1. The lowest BCUT2D eigenvalue weighted by molar-refractivity contribution is -0.0212. The summed E-state index contributed by atoms with van der Waals surface area (Å²) in [5.41, 5.74) is 5.62. The fraction of sp³-hybridized carbons (Fsp3) is 0.250. The molecule has 0 fully saturated rings. The van der Waals surface area contributed by atoms with Crippen LogP contribution in [-0.2, 0) is 0 Å². The zero-order valence-corrected chi connectivity index (χ0v) is 16.6. The van der Waals surface area contributed by atoms with Crippen molar-refractivity contribution in [2.45, 2.75) is 32.5 Å². The topological polar surface area (TPSA) is 47.0 Å². The van der Waals surface area contributed by atoms with Gasteiger partial charge in [0.1, 0.15) is 0 Å². The number of aromatic nitrogens is 1. The van der Waals surface area contributed by atoms with Gasteiger partial charge >= 0.3 is 0 Å². The highest BCUT2D eigenvalue weighted by molar-refractivity contribution is 6.02. The van der Waals surface area contributed by atoms with Crippen LogP contribution >= 0.6 is 0 Å². The van der Waals surface area contributed by atoms with E-state index in [9.17, 15) is 0 Å². The summed E-state index contributed by atoms with van der Waals surface area (Å²) in [4.78, 5) is 4.15. The normalized spacial score (nSPS) is 19.8. The van der Waals surface area contributed by atoms with Gasteiger partial charge in [0.15, 0.2) is 11.5 Å². The Hall–Kier alpha value is -3.34. The molecule has 5 rings (SSSR count). The van der Waals surface area contributed by atoms with Crippen molar-refractivity contribution < 1.29 is 9.47 Å². The lowest BCUT2D eigenvalue weighted by Gasteiger charge is -2.38. The molecule has 0 saturated heterocycles. The summed E-state index contributed by atoms with van der Waals surface area (Å²) >= 11 is 0. The van der Waals surface area contributed by atoms with Crippen molar-refractivity contribution in [1.82, 2.24) is 9.99 Å². The molecule has 2 atom stereocenters. The largest absolute Gasteiger partial charge is 0.490 e. The van der Waals surface area contributed by atoms with Crippen LogP contribution in [0.4, 0.5) is 0 Å². The maximum absolute atomic E-state index is 6.48. The Balaban J connectivity index is 1.60. The third-order valence-corrected chi connectivity index (χ3v) is 5.46. The molecule has 2 aromatic carbocycles. The molecule has 2 aliphatic rings. The van der Waals surface area contributed by atoms with Crippen molar-refractivity contribution in [2.75, 3.05) is 6.61 Å².